The SMILES string of the molecule is CCCCCCCCCCCCNCc1cccc(C)n1. The van der Waals surface area contributed by atoms with E-state index in [-0.39, 0.29) is 0 Å². The van der Waals surface area contributed by atoms with Crippen LogP contribution in [0.3, 0.4) is 0 Å². The summed E-state index contributed by atoms with van der Waals surface area (Å²) in [7, 11) is 0. The topological polar surface area (TPSA) is 24.9 Å². The van der Waals surface area contributed by atoms with Crippen LogP contribution in [-0.4, -0.2) is 11.5 Å². The maximum Gasteiger partial charge on any atom is 0.0544 e. The first-order chi connectivity index (χ1) is 10.3. The molecule has 0 amide bonds. The second kappa shape index (κ2) is 12.8. The maximum atomic E-state index is 4.50. The number of hydrogen-bond acceptors (Lipinski definition) is 2. The van der Waals surface area contributed by atoms with Crippen LogP contribution in [0.15, 0.2) is 18.2 Å². The van der Waals surface area contributed by atoms with Crippen LogP contribution in [0.1, 0.15) is 82.5 Å². The minimum absolute atomic E-state index is 0.902. The van der Waals surface area contributed by atoms with E-state index in [1.165, 1.54) is 64.2 Å². The lowest BCUT2D eigenvalue weighted by atomic mass is 10.1. The summed E-state index contributed by atoms with van der Waals surface area (Å²) >= 11 is 0. The van der Waals surface area contributed by atoms with Crippen molar-refractivity contribution in [3.63, 3.8) is 0 Å². The Hall–Kier alpha value is -0.890. The maximum absolute atomic E-state index is 4.50. The van der Waals surface area contributed by atoms with E-state index in [0.717, 1.165) is 24.5 Å². The highest BCUT2D eigenvalue weighted by Gasteiger charge is 1.95. The molecule has 1 aromatic rings. The van der Waals surface area contributed by atoms with Gasteiger partial charge in [-0.15, -0.1) is 0 Å². The van der Waals surface area contributed by atoms with E-state index in [9.17, 15) is 0 Å². The van der Waals surface area contributed by atoms with Crippen molar-refractivity contribution in [2.45, 2.75) is 84.6 Å². The molecular formula is C19H34N2. The molecule has 0 fully saturated rings. The molecule has 1 rings (SSSR count). The molecule has 1 N–H and O–H groups in total. The smallest absolute Gasteiger partial charge is 0.0544 e. The zero-order chi connectivity index (χ0) is 15.2. The fraction of sp³-hybridized carbons (Fsp3) is 0.737. The Labute approximate surface area is 131 Å². The Morgan fingerprint density at radius 3 is 2.10 bits per heavy atom. The molecule has 0 atom stereocenters. The predicted octanol–water partition coefficient (Wildman–Crippen LogP) is 5.40. The molecule has 0 saturated carbocycles. The molecule has 0 aliphatic rings. The Bertz CT molecular complexity index is 349. The van der Waals surface area contributed by atoms with Crippen LogP contribution in [0.4, 0.5) is 0 Å². The van der Waals surface area contributed by atoms with Gasteiger partial charge in [0.15, 0.2) is 0 Å². The van der Waals surface area contributed by atoms with Gasteiger partial charge < -0.3 is 5.32 Å². The van der Waals surface area contributed by atoms with Crippen molar-refractivity contribution in [2.24, 2.45) is 0 Å². The van der Waals surface area contributed by atoms with Crippen LogP contribution in [0, 0.1) is 6.92 Å². The van der Waals surface area contributed by atoms with E-state index in [1.807, 2.05) is 13.0 Å². The van der Waals surface area contributed by atoms with Gasteiger partial charge in [0.25, 0.3) is 0 Å². The molecular weight excluding hydrogens is 256 g/mol. The molecule has 0 aliphatic carbocycles. The highest BCUT2D eigenvalue weighted by molar-refractivity contribution is 5.09. The Balaban J connectivity index is 1.82. The van der Waals surface area contributed by atoms with Gasteiger partial charge in [-0.1, -0.05) is 70.8 Å². The van der Waals surface area contributed by atoms with Gasteiger partial charge in [0.2, 0.25) is 0 Å². The molecule has 0 aliphatic heterocycles. The summed E-state index contributed by atoms with van der Waals surface area (Å²) in [5.41, 5.74) is 2.26. The van der Waals surface area contributed by atoms with Crippen LogP contribution in [0.25, 0.3) is 0 Å². The van der Waals surface area contributed by atoms with Gasteiger partial charge >= 0.3 is 0 Å². The second-order valence-electron chi connectivity index (χ2n) is 6.13. The van der Waals surface area contributed by atoms with E-state index >= 15 is 0 Å². The van der Waals surface area contributed by atoms with E-state index < -0.39 is 0 Å². The Morgan fingerprint density at radius 1 is 0.857 bits per heavy atom. The van der Waals surface area contributed by atoms with Gasteiger partial charge in [0.1, 0.15) is 0 Å². The molecule has 0 saturated heterocycles. The number of aromatic nitrogens is 1. The van der Waals surface area contributed by atoms with Crippen LogP contribution in [-0.2, 0) is 6.54 Å². The van der Waals surface area contributed by atoms with E-state index in [1.54, 1.807) is 0 Å². The third kappa shape index (κ3) is 10.5. The van der Waals surface area contributed by atoms with E-state index in [0.29, 0.717) is 0 Å². The molecule has 2 heteroatoms. The third-order valence-electron chi connectivity index (χ3n) is 3.96. The number of hydrogen-bond donors (Lipinski definition) is 1. The number of rotatable bonds is 13. The summed E-state index contributed by atoms with van der Waals surface area (Å²) in [6.45, 7) is 6.35. The molecule has 1 heterocycles. The van der Waals surface area contributed by atoms with Gasteiger partial charge in [-0.3, -0.25) is 4.98 Å². The zero-order valence-corrected chi connectivity index (χ0v) is 14.2. The van der Waals surface area contributed by atoms with E-state index in [2.05, 4.69) is 29.4 Å². The molecule has 2 nitrogen and oxygen atoms in total. The van der Waals surface area contributed by atoms with E-state index in [4.69, 9.17) is 0 Å². The molecule has 1 aromatic heterocycles. The second-order valence-corrected chi connectivity index (χ2v) is 6.13. The lowest BCUT2D eigenvalue weighted by Crippen LogP contribution is -2.15. The van der Waals surface area contributed by atoms with Crippen molar-refractivity contribution < 1.29 is 0 Å². The van der Waals surface area contributed by atoms with Crippen LogP contribution in [0.5, 0.6) is 0 Å². The van der Waals surface area contributed by atoms with Gasteiger partial charge in [0.05, 0.1) is 5.69 Å². The number of pyridine rings is 1. The zero-order valence-electron chi connectivity index (χ0n) is 14.2. The standard InChI is InChI=1S/C19H34N2/c1-3-4-5-6-7-8-9-10-11-12-16-20-17-19-15-13-14-18(2)21-19/h13-15,20H,3-12,16-17H2,1-2H3. The highest BCUT2D eigenvalue weighted by Crippen LogP contribution is 2.10. The first-order valence-corrected chi connectivity index (χ1v) is 8.96. The predicted molar refractivity (Wildman–Crippen MR) is 92.5 cm³/mol. The molecule has 120 valence electrons. The molecule has 0 aromatic carbocycles. The Kier molecular flexibility index (Phi) is 11.1. The third-order valence-corrected chi connectivity index (χ3v) is 3.96. The van der Waals surface area contributed by atoms with Gasteiger partial charge in [-0.25, -0.2) is 0 Å². The molecule has 21 heavy (non-hydrogen) atoms. The van der Waals surface area contributed by atoms with Gasteiger partial charge in [0, 0.05) is 12.2 Å². The first kappa shape index (κ1) is 18.2. The molecule has 0 spiro atoms. The van der Waals surface area contributed by atoms with Crippen molar-refractivity contribution in [2.75, 3.05) is 6.54 Å². The normalized spacial score (nSPS) is 11.0. The average molecular weight is 290 g/mol. The van der Waals surface area contributed by atoms with Crippen molar-refractivity contribution in [1.29, 1.82) is 0 Å². The van der Waals surface area contributed by atoms with Crippen molar-refractivity contribution in [3.8, 4) is 0 Å². The molecule has 0 unspecified atom stereocenters. The summed E-state index contributed by atoms with van der Waals surface area (Å²) in [6.07, 6.45) is 14.0. The largest absolute Gasteiger partial charge is 0.311 e. The number of aryl methyl sites for hydroxylation is 1. The lowest BCUT2D eigenvalue weighted by Gasteiger charge is -2.05. The fourth-order valence-electron chi connectivity index (χ4n) is 2.65. The number of nitrogens with one attached hydrogen (secondary N) is 1. The van der Waals surface area contributed by atoms with Crippen LogP contribution >= 0.6 is 0 Å². The summed E-state index contributed by atoms with van der Waals surface area (Å²) in [5, 5.41) is 3.49. The lowest BCUT2D eigenvalue weighted by molar-refractivity contribution is 0.542. The number of unbranched alkanes of at least 4 members (excludes halogenated alkanes) is 9. The minimum atomic E-state index is 0.902. The highest BCUT2D eigenvalue weighted by atomic mass is 14.9. The monoisotopic (exact) mass is 290 g/mol. The van der Waals surface area contributed by atoms with Gasteiger partial charge in [-0.05, 0) is 32.0 Å². The quantitative estimate of drug-likeness (QED) is 0.492. The minimum Gasteiger partial charge on any atom is -0.311 e. The Morgan fingerprint density at radius 2 is 1.48 bits per heavy atom. The molecule has 0 bridgehead atoms. The number of nitrogens with zero attached hydrogens (tertiary/aromatic N) is 1. The van der Waals surface area contributed by atoms with Crippen molar-refractivity contribution in [1.82, 2.24) is 10.3 Å². The summed E-state index contributed by atoms with van der Waals surface area (Å²) in [6, 6.07) is 6.23. The summed E-state index contributed by atoms with van der Waals surface area (Å²) < 4.78 is 0. The van der Waals surface area contributed by atoms with Crippen LogP contribution in [0.2, 0.25) is 0 Å². The summed E-state index contributed by atoms with van der Waals surface area (Å²) in [4.78, 5) is 4.50. The average Bonchev–Trinajstić information content (AvgIpc) is 2.48. The summed E-state index contributed by atoms with van der Waals surface area (Å²) in [5.74, 6) is 0. The molecule has 0 radical (unpaired) electrons. The van der Waals surface area contributed by atoms with Gasteiger partial charge in [-0.2, -0.15) is 0 Å². The van der Waals surface area contributed by atoms with Crippen molar-refractivity contribution >= 4 is 0 Å². The van der Waals surface area contributed by atoms with Crippen LogP contribution < -0.4 is 5.32 Å². The fourth-order valence-corrected chi connectivity index (χ4v) is 2.65. The first-order valence-electron chi connectivity index (χ1n) is 8.96. The van der Waals surface area contributed by atoms with Crippen molar-refractivity contribution in [3.05, 3.63) is 29.6 Å².